The molecular formula is C35H42N4O. The minimum atomic E-state index is -0.0774. The second kappa shape index (κ2) is 12.1. The van der Waals surface area contributed by atoms with Gasteiger partial charge in [-0.3, -0.25) is 9.69 Å². The van der Waals surface area contributed by atoms with Gasteiger partial charge in [-0.05, 0) is 83.0 Å². The lowest BCUT2D eigenvalue weighted by atomic mass is 9.87. The third-order valence-electron chi connectivity index (χ3n) is 8.14. The lowest BCUT2D eigenvalue weighted by Gasteiger charge is -2.36. The van der Waals surface area contributed by atoms with E-state index in [9.17, 15) is 4.79 Å². The van der Waals surface area contributed by atoms with Crippen molar-refractivity contribution in [2.75, 3.05) is 36.4 Å². The highest BCUT2D eigenvalue weighted by Gasteiger charge is 2.20. The van der Waals surface area contributed by atoms with E-state index >= 15 is 0 Å². The van der Waals surface area contributed by atoms with E-state index in [4.69, 9.17) is 0 Å². The van der Waals surface area contributed by atoms with E-state index in [0.29, 0.717) is 17.4 Å². The van der Waals surface area contributed by atoms with Gasteiger partial charge in [0.1, 0.15) is 0 Å². The Hall–Kier alpha value is -3.83. The molecule has 1 fully saturated rings. The lowest BCUT2D eigenvalue weighted by Crippen LogP contribution is -2.46. The number of benzene rings is 3. The van der Waals surface area contributed by atoms with Crippen molar-refractivity contribution >= 4 is 17.3 Å². The van der Waals surface area contributed by atoms with Crippen LogP contribution in [0.1, 0.15) is 72.3 Å². The zero-order valence-electron chi connectivity index (χ0n) is 24.5. The van der Waals surface area contributed by atoms with Crippen molar-refractivity contribution < 1.29 is 4.79 Å². The van der Waals surface area contributed by atoms with Crippen molar-refractivity contribution in [1.29, 1.82) is 0 Å². The smallest absolute Gasteiger partial charge is 0.256 e. The molecule has 40 heavy (non-hydrogen) atoms. The number of nitrogens with one attached hydrogen (secondary N) is 2. The van der Waals surface area contributed by atoms with E-state index < -0.39 is 0 Å². The lowest BCUT2D eigenvalue weighted by molar-refractivity contribution is 0.102. The number of amides is 1. The van der Waals surface area contributed by atoms with Crippen molar-refractivity contribution in [2.24, 2.45) is 0 Å². The Balaban J connectivity index is 1.27. The molecule has 4 aromatic rings. The summed E-state index contributed by atoms with van der Waals surface area (Å²) >= 11 is 0. The van der Waals surface area contributed by atoms with Crippen LogP contribution in [0.15, 0.2) is 79.0 Å². The van der Waals surface area contributed by atoms with Crippen LogP contribution in [0.4, 0.5) is 11.4 Å². The average Bonchev–Trinajstić information content (AvgIpc) is 3.37. The van der Waals surface area contributed by atoms with Crippen LogP contribution in [0, 0.1) is 6.92 Å². The van der Waals surface area contributed by atoms with Crippen LogP contribution in [0.5, 0.6) is 0 Å². The van der Waals surface area contributed by atoms with E-state index in [-0.39, 0.29) is 5.91 Å². The Morgan fingerprint density at radius 2 is 1.55 bits per heavy atom. The average molecular weight is 535 g/mol. The molecule has 208 valence electrons. The van der Waals surface area contributed by atoms with Gasteiger partial charge in [-0.1, -0.05) is 64.1 Å². The van der Waals surface area contributed by atoms with Gasteiger partial charge in [0, 0.05) is 61.6 Å². The molecule has 1 aromatic heterocycles. The Morgan fingerprint density at radius 1 is 0.850 bits per heavy atom. The largest absolute Gasteiger partial charge is 0.369 e. The first-order chi connectivity index (χ1) is 19.3. The molecule has 0 bridgehead atoms. The summed E-state index contributed by atoms with van der Waals surface area (Å²) in [6, 6.07) is 25.2. The first-order valence-corrected chi connectivity index (χ1v) is 14.5. The first kappa shape index (κ1) is 27.7. The molecule has 2 heterocycles. The number of H-pyrrole nitrogens is 1. The number of carbonyl (C=O) groups excluding carboxylic acids is 1. The predicted molar refractivity (Wildman–Crippen MR) is 167 cm³/mol. The molecule has 0 spiro atoms. The molecule has 5 heteroatoms. The fourth-order valence-electron chi connectivity index (χ4n) is 5.59. The molecule has 1 aliphatic rings. The molecule has 3 aromatic carbocycles. The Kier molecular flexibility index (Phi) is 8.41. The highest BCUT2D eigenvalue weighted by molar-refractivity contribution is 6.09. The summed E-state index contributed by atoms with van der Waals surface area (Å²) in [5, 5.41) is 3.16. The van der Waals surface area contributed by atoms with E-state index in [1.54, 1.807) is 0 Å². The highest BCUT2D eigenvalue weighted by atomic mass is 16.1. The maximum absolute atomic E-state index is 13.6. The van der Waals surface area contributed by atoms with E-state index in [0.717, 1.165) is 49.5 Å². The topological polar surface area (TPSA) is 51.4 Å². The number of hydrogen-bond acceptors (Lipinski definition) is 3. The number of hydrogen-bond donors (Lipinski definition) is 2. The number of aromatic nitrogens is 1. The van der Waals surface area contributed by atoms with Crippen LogP contribution in [0.2, 0.25) is 0 Å². The van der Waals surface area contributed by atoms with Gasteiger partial charge in [0.05, 0.1) is 0 Å². The van der Waals surface area contributed by atoms with Gasteiger partial charge in [-0.2, -0.15) is 0 Å². The molecule has 0 saturated carbocycles. The summed E-state index contributed by atoms with van der Waals surface area (Å²) in [6.07, 6.45) is 2.02. The van der Waals surface area contributed by atoms with Gasteiger partial charge in [0.25, 0.3) is 5.91 Å². The van der Waals surface area contributed by atoms with Crippen molar-refractivity contribution in [3.63, 3.8) is 0 Å². The number of aryl methyl sites for hydroxylation is 1. The van der Waals surface area contributed by atoms with E-state index in [1.165, 1.54) is 28.1 Å². The number of nitrogens with zero attached hydrogens (tertiary/aromatic N) is 2. The standard InChI is InChI=1S/C35H42N4O/c1-24(2)27-9-11-28(12-10-27)34-31(25(3)4)7-6-8-32(34)35(40)37-29-13-15-30(16-14-29)39-21-19-38(20-22-39)23-33-26(5)17-18-36-33/h6-18,24-25,36H,19-23H2,1-5H3,(H,37,40). The van der Waals surface area contributed by atoms with Crippen LogP contribution in [-0.4, -0.2) is 42.0 Å². The molecule has 2 N–H and O–H groups in total. The van der Waals surface area contributed by atoms with Crippen molar-refractivity contribution in [3.8, 4) is 11.1 Å². The Labute approximate surface area is 239 Å². The summed E-state index contributed by atoms with van der Waals surface area (Å²) in [4.78, 5) is 21.9. The van der Waals surface area contributed by atoms with Crippen LogP contribution < -0.4 is 10.2 Å². The molecule has 0 unspecified atom stereocenters. The Morgan fingerprint density at radius 3 is 2.15 bits per heavy atom. The molecule has 1 amide bonds. The third kappa shape index (κ3) is 6.15. The monoisotopic (exact) mass is 534 g/mol. The predicted octanol–water partition coefficient (Wildman–Crippen LogP) is 7.81. The van der Waals surface area contributed by atoms with Crippen LogP contribution in [-0.2, 0) is 6.54 Å². The van der Waals surface area contributed by atoms with Gasteiger partial charge in [-0.15, -0.1) is 0 Å². The van der Waals surface area contributed by atoms with Gasteiger partial charge in [-0.25, -0.2) is 0 Å². The maximum atomic E-state index is 13.6. The third-order valence-corrected chi connectivity index (χ3v) is 8.14. The molecule has 0 atom stereocenters. The van der Waals surface area contributed by atoms with Crippen molar-refractivity contribution in [2.45, 2.75) is 53.0 Å². The number of piperazine rings is 1. The molecule has 5 nitrogen and oxygen atoms in total. The molecule has 1 saturated heterocycles. The number of anilines is 2. The number of rotatable bonds is 8. The minimum absolute atomic E-state index is 0.0774. The first-order valence-electron chi connectivity index (χ1n) is 14.5. The van der Waals surface area contributed by atoms with Gasteiger partial charge < -0.3 is 15.2 Å². The van der Waals surface area contributed by atoms with Crippen molar-refractivity contribution in [1.82, 2.24) is 9.88 Å². The fraction of sp³-hybridized carbons (Fsp3) is 0.343. The zero-order chi connectivity index (χ0) is 28.2. The summed E-state index contributed by atoms with van der Waals surface area (Å²) in [7, 11) is 0. The Bertz CT molecular complexity index is 1430. The summed E-state index contributed by atoms with van der Waals surface area (Å²) < 4.78 is 0. The van der Waals surface area contributed by atoms with Crippen molar-refractivity contribution in [3.05, 3.63) is 107 Å². The summed E-state index contributed by atoms with van der Waals surface area (Å²) in [6.45, 7) is 16.0. The minimum Gasteiger partial charge on any atom is -0.369 e. The quantitative estimate of drug-likeness (QED) is 0.242. The number of carbonyl (C=O) groups is 1. The van der Waals surface area contributed by atoms with E-state index in [1.807, 2.05) is 30.5 Å². The van der Waals surface area contributed by atoms with Gasteiger partial charge >= 0.3 is 0 Å². The molecular weight excluding hydrogens is 492 g/mol. The number of aromatic amines is 1. The molecule has 5 rings (SSSR count). The molecule has 0 aliphatic carbocycles. The van der Waals surface area contributed by atoms with Gasteiger partial charge in [0.15, 0.2) is 0 Å². The summed E-state index contributed by atoms with van der Waals surface area (Å²) in [5.74, 6) is 0.697. The zero-order valence-corrected chi connectivity index (χ0v) is 24.5. The van der Waals surface area contributed by atoms with E-state index in [2.05, 4.69) is 103 Å². The maximum Gasteiger partial charge on any atom is 0.256 e. The van der Waals surface area contributed by atoms with Crippen LogP contribution in [0.3, 0.4) is 0 Å². The molecule has 0 radical (unpaired) electrons. The highest BCUT2D eigenvalue weighted by Crippen LogP contribution is 2.34. The molecule has 1 aliphatic heterocycles. The fourth-order valence-corrected chi connectivity index (χ4v) is 5.59. The SMILES string of the molecule is Cc1cc[nH]c1CN1CCN(c2ccc(NC(=O)c3cccc(C(C)C)c3-c3ccc(C(C)C)cc3)cc2)CC1. The van der Waals surface area contributed by atoms with Gasteiger partial charge in [0.2, 0.25) is 0 Å². The summed E-state index contributed by atoms with van der Waals surface area (Å²) in [5.41, 5.74) is 9.94. The second-order valence-corrected chi connectivity index (χ2v) is 11.6. The van der Waals surface area contributed by atoms with Crippen LogP contribution in [0.25, 0.3) is 11.1 Å². The second-order valence-electron chi connectivity index (χ2n) is 11.6. The van der Waals surface area contributed by atoms with Crippen LogP contribution >= 0.6 is 0 Å². The normalized spacial score (nSPS) is 14.2.